The van der Waals surface area contributed by atoms with Crippen LogP contribution in [0.1, 0.15) is 33.6 Å². The van der Waals surface area contributed by atoms with Crippen molar-refractivity contribution in [1.82, 2.24) is 4.90 Å². The maximum absolute atomic E-state index is 11.6. The second-order valence-corrected chi connectivity index (χ2v) is 3.84. The quantitative estimate of drug-likeness (QED) is 0.702. The van der Waals surface area contributed by atoms with Crippen molar-refractivity contribution in [3.8, 4) is 0 Å². The van der Waals surface area contributed by atoms with Crippen LogP contribution in [-0.2, 0) is 4.79 Å². The van der Waals surface area contributed by atoms with Gasteiger partial charge in [0, 0.05) is 25.6 Å². The van der Waals surface area contributed by atoms with E-state index in [-0.39, 0.29) is 17.9 Å². The fraction of sp³-hybridized carbons (Fsp3) is 0.900. The Morgan fingerprint density at radius 3 is 2.38 bits per heavy atom. The van der Waals surface area contributed by atoms with Crippen LogP contribution in [0, 0.1) is 5.92 Å². The Bertz CT molecular complexity index is 157. The van der Waals surface area contributed by atoms with Crippen molar-refractivity contribution >= 4 is 5.91 Å². The predicted octanol–water partition coefficient (Wildman–Crippen LogP) is 1.23. The highest BCUT2D eigenvalue weighted by Gasteiger charge is 2.15. The summed E-state index contributed by atoms with van der Waals surface area (Å²) in [4.78, 5) is 13.3. The molecule has 0 aliphatic carbocycles. The second kappa shape index (κ2) is 5.97. The second-order valence-electron chi connectivity index (χ2n) is 3.84. The lowest BCUT2D eigenvalue weighted by atomic mass is 10.1. The molecule has 3 heteroatoms. The maximum Gasteiger partial charge on any atom is 0.225 e. The van der Waals surface area contributed by atoms with Gasteiger partial charge in [0.25, 0.3) is 0 Å². The summed E-state index contributed by atoms with van der Waals surface area (Å²) in [7, 11) is 1.84. The van der Waals surface area contributed by atoms with Gasteiger partial charge in [-0.2, -0.15) is 0 Å². The van der Waals surface area contributed by atoms with Crippen LogP contribution in [0.25, 0.3) is 0 Å². The zero-order chi connectivity index (χ0) is 10.4. The molecule has 0 fully saturated rings. The van der Waals surface area contributed by atoms with Crippen molar-refractivity contribution in [2.45, 2.75) is 39.7 Å². The van der Waals surface area contributed by atoms with Gasteiger partial charge >= 0.3 is 0 Å². The topological polar surface area (TPSA) is 46.3 Å². The fourth-order valence-corrected chi connectivity index (χ4v) is 1.06. The molecule has 0 bridgehead atoms. The molecule has 13 heavy (non-hydrogen) atoms. The summed E-state index contributed by atoms with van der Waals surface area (Å²) in [5.41, 5.74) is 5.61. The molecule has 78 valence electrons. The standard InChI is InChI=1S/C10H22N2O/c1-5-8(2)10(13)12(4)7-6-9(3)11/h8-9H,5-7,11H2,1-4H3. The molecule has 0 aliphatic rings. The number of carbonyl (C=O) groups is 1. The zero-order valence-corrected chi connectivity index (χ0v) is 9.21. The van der Waals surface area contributed by atoms with Crippen molar-refractivity contribution in [2.75, 3.05) is 13.6 Å². The molecule has 0 aromatic rings. The van der Waals surface area contributed by atoms with Crippen LogP contribution in [0.15, 0.2) is 0 Å². The first kappa shape index (κ1) is 12.4. The molecule has 0 rings (SSSR count). The predicted molar refractivity (Wildman–Crippen MR) is 55.4 cm³/mol. The Kier molecular flexibility index (Phi) is 5.71. The number of carbonyl (C=O) groups excluding carboxylic acids is 1. The van der Waals surface area contributed by atoms with Crippen LogP contribution >= 0.6 is 0 Å². The van der Waals surface area contributed by atoms with Gasteiger partial charge in [0.1, 0.15) is 0 Å². The maximum atomic E-state index is 11.6. The first-order valence-electron chi connectivity index (χ1n) is 4.99. The SMILES string of the molecule is CCC(C)C(=O)N(C)CCC(C)N. The summed E-state index contributed by atoms with van der Waals surface area (Å²) in [6, 6.07) is 0.173. The van der Waals surface area contributed by atoms with E-state index < -0.39 is 0 Å². The van der Waals surface area contributed by atoms with Gasteiger partial charge in [0.2, 0.25) is 5.91 Å². The molecule has 3 nitrogen and oxygen atoms in total. The molecule has 0 radical (unpaired) electrons. The molecule has 2 unspecified atom stereocenters. The summed E-state index contributed by atoms with van der Waals surface area (Å²) < 4.78 is 0. The van der Waals surface area contributed by atoms with Gasteiger partial charge in [-0.1, -0.05) is 13.8 Å². The third-order valence-corrected chi connectivity index (χ3v) is 2.33. The monoisotopic (exact) mass is 186 g/mol. The molecule has 0 spiro atoms. The molecular weight excluding hydrogens is 164 g/mol. The normalized spacial score (nSPS) is 15.2. The number of hydrogen-bond donors (Lipinski definition) is 1. The number of nitrogens with two attached hydrogens (primary N) is 1. The molecule has 0 aliphatic heterocycles. The fourth-order valence-electron chi connectivity index (χ4n) is 1.06. The van der Waals surface area contributed by atoms with Crippen molar-refractivity contribution in [3.05, 3.63) is 0 Å². The molecule has 0 saturated heterocycles. The van der Waals surface area contributed by atoms with E-state index in [4.69, 9.17) is 5.73 Å². The lowest BCUT2D eigenvalue weighted by molar-refractivity contribution is -0.133. The lowest BCUT2D eigenvalue weighted by Gasteiger charge is -2.21. The summed E-state index contributed by atoms with van der Waals surface area (Å²) >= 11 is 0. The van der Waals surface area contributed by atoms with E-state index >= 15 is 0 Å². The molecule has 2 atom stereocenters. The van der Waals surface area contributed by atoms with E-state index in [0.717, 1.165) is 19.4 Å². The Balaban J connectivity index is 3.82. The first-order chi connectivity index (χ1) is 5.99. The van der Waals surface area contributed by atoms with Gasteiger partial charge in [0.15, 0.2) is 0 Å². The average Bonchev–Trinajstić information content (AvgIpc) is 2.11. The molecule has 0 aromatic heterocycles. The van der Waals surface area contributed by atoms with E-state index in [9.17, 15) is 4.79 Å². The number of nitrogens with zero attached hydrogens (tertiary/aromatic N) is 1. The number of hydrogen-bond acceptors (Lipinski definition) is 2. The minimum absolute atomic E-state index is 0.137. The first-order valence-corrected chi connectivity index (χ1v) is 4.99. The van der Waals surface area contributed by atoms with Crippen LogP contribution in [0.5, 0.6) is 0 Å². The van der Waals surface area contributed by atoms with Crippen molar-refractivity contribution in [2.24, 2.45) is 11.7 Å². The Labute approximate surface area is 81.3 Å². The van der Waals surface area contributed by atoms with Crippen LogP contribution in [0.4, 0.5) is 0 Å². The van der Waals surface area contributed by atoms with Crippen molar-refractivity contribution < 1.29 is 4.79 Å². The van der Waals surface area contributed by atoms with Gasteiger partial charge in [-0.25, -0.2) is 0 Å². The Hall–Kier alpha value is -0.570. The highest BCUT2D eigenvalue weighted by molar-refractivity contribution is 5.78. The molecule has 0 saturated carbocycles. The smallest absolute Gasteiger partial charge is 0.225 e. The van der Waals surface area contributed by atoms with Gasteiger partial charge < -0.3 is 10.6 Å². The van der Waals surface area contributed by atoms with Gasteiger partial charge in [-0.3, -0.25) is 4.79 Å². The summed E-state index contributed by atoms with van der Waals surface area (Å²) in [6.07, 6.45) is 1.78. The van der Waals surface area contributed by atoms with Gasteiger partial charge in [-0.05, 0) is 19.8 Å². The van der Waals surface area contributed by atoms with Crippen LogP contribution in [-0.4, -0.2) is 30.4 Å². The number of rotatable bonds is 5. The van der Waals surface area contributed by atoms with E-state index in [1.807, 2.05) is 27.8 Å². The highest BCUT2D eigenvalue weighted by atomic mass is 16.2. The number of amides is 1. The van der Waals surface area contributed by atoms with E-state index in [1.54, 1.807) is 4.90 Å². The third-order valence-electron chi connectivity index (χ3n) is 2.33. The van der Waals surface area contributed by atoms with Crippen LogP contribution in [0.2, 0.25) is 0 Å². The zero-order valence-electron chi connectivity index (χ0n) is 9.21. The van der Waals surface area contributed by atoms with Crippen molar-refractivity contribution in [3.63, 3.8) is 0 Å². The molecule has 0 aromatic carbocycles. The minimum atomic E-state index is 0.137. The highest BCUT2D eigenvalue weighted by Crippen LogP contribution is 2.05. The van der Waals surface area contributed by atoms with Gasteiger partial charge in [0.05, 0.1) is 0 Å². The molecule has 2 N–H and O–H groups in total. The van der Waals surface area contributed by atoms with Gasteiger partial charge in [-0.15, -0.1) is 0 Å². The van der Waals surface area contributed by atoms with E-state index in [1.165, 1.54) is 0 Å². The summed E-state index contributed by atoms with van der Waals surface area (Å²) in [5.74, 6) is 0.362. The van der Waals surface area contributed by atoms with Crippen LogP contribution < -0.4 is 5.73 Å². The minimum Gasteiger partial charge on any atom is -0.345 e. The molecular formula is C10H22N2O. The summed E-state index contributed by atoms with van der Waals surface area (Å²) in [6.45, 7) is 6.72. The largest absolute Gasteiger partial charge is 0.345 e. The Morgan fingerprint density at radius 1 is 1.46 bits per heavy atom. The summed E-state index contributed by atoms with van der Waals surface area (Å²) in [5, 5.41) is 0. The van der Waals surface area contributed by atoms with E-state index in [2.05, 4.69) is 0 Å². The van der Waals surface area contributed by atoms with Crippen LogP contribution in [0.3, 0.4) is 0 Å². The third kappa shape index (κ3) is 4.88. The van der Waals surface area contributed by atoms with E-state index in [0.29, 0.717) is 0 Å². The molecule has 1 amide bonds. The lowest BCUT2D eigenvalue weighted by Crippen LogP contribution is -2.34. The molecule has 0 heterocycles. The average molecular weight is 186 g/mol. The van der Waals surface area contributed by atoms with Crippen molar-refractivity contribution in [1.29, 1.82) is 0 Å². The Morgan fingerprint density at radius 2 is 2.00 bits per heavy atom.